The van der Waals surface area contributed by atoms with Crippen molar-refractivity contribution in [3.05, 3.63) is 35.4 Å². The van der Waals surface area contributed by atoms with Gasteiger partial charge in [-0.25, -0.2) is 0 Å². The third kappa shape index (κ3) is 3.90. The monoisotopic (exact) mass is 344 g/mol. The quantitative estimate of drug-likeness (QED) is 0.863. The molecule has 0 radical (unpaired) electrons. The van der Waals surface area contributed by atoms with Crippen LogP contribution in [0.5, 0.6) is 0 Å². The largest absolute Gasteiger partial charge is 0.381 e. The van der Waals surface area contributed by atoms with Gasteiger partial charge in [-0.2, -0.15) is 0 Å². The van der Waals surface area contributed by atoms with Crippen LogP contribution in [0.2, 0.25) is 0 Å². The third-order valence-electron chi connectivity index (χ3n) is 6.35. The molecule has 0 aromatic heterocycles. The minimum atomic E-state index is -0.444. The van der Waals surface area contributed by atoms with Gasteiger partial charge in [0.25, 0.3) is 0 Å². The van der Waals surface area contributed by atoms with Crippen LogP contribution in [-0.4, -0.2) is 32.2 Å². The Morgan fingerprint density at radius 2 is 1.88 bits per heavy atom. The molecule has 138 valence electrons. The molecule has 1 aliphatic heterocycles. The molecule has 0 unspecified atom stereocenters. The van der Waals surface area contributed by atoms with Gasteiger partial charge in [-0.15, -0.1) is 0 Å². The van der Waals surface area contributed by atoms with E-state index in [0.29, 0.717) is 19.8 Å². The molecule has 0 bridgehead atoms. The number of carbonyl (C=O) groups is 1. The van der Waals surface area contributed by atoms with Gasteiger partial charge in [0.15, 0.2) is 0 Å². The van der Waals surface area contributed by atoms with Crippen LogP contribution < -0.4 is 11.1 Å². The standard InChI is InChI=1S/C21H32N2O2/c1-17-6-5-7-18(14-17)21(8-3-2-4-9-21)16-23-19(24)20(15-22)10-12-25-13-11-20/h5-7,14H,2-4,8-13,15-16,22H2,1H3,(H,23,24). The Hall–Kier alpha value is -1.39. The molecule has 1 aromatic carbocycles. The number of benzene rings is 1. The predicted octanol–water partition coefficient (Wildman–Crippen LogP) is 3.07. The van der Waals surface area contributed by atoms with Crippen molar-refractivity contribution >= 4 is 5.91 Å². The first-order valence-electron chi connectivity index (χ1n) is 9.74. The summed E-state index contributed by atoms with van der Waals surface area (Å²) in [5.74, 6) is 0.121. The average molecular weight is 344 g/mol. The van der Waals surface area contributed by atoms with Gasteiger partial charge in [-0.1, -0.05) is 49.1 Å². The second-order valence-electron chi connectivity index (χ2n) is 7.99. The van der Waals surface area contributed by atoms with Gasteiger partial charge >= 0.3 is 0 Å². The van der Waals surface area contributed by atoms with Crippen LogP contribution in [0.4, 0.5) is 0 Å². The first-order valence-corrected chi connectivity index (χ1v) is 9.74. The Morgan fingerprint density at radius 3 is 2.52 bits per heavy atom. The molecule has 1 aromatic rings. The topological polar surface area (TPSA) is 64.4 Å². The van der Waals surface area contributed by atoms with E-state index in [9.17, 15) is 4.79 Å². The van der Waals surface area contributed by atoms with E-state index in [4.69, 9.17) is 10.5 Å². The summed E-state index contributed by atoms with van der Waals surface area (Å²) >= 11 is 0. The van der Waals surface area contributed by atoms with Crippen LogP contribution in [0, 0.1) is 12.3 Å². The first-order chi connectivity index (χ1) is 12.1. The van der Waals surface area contributed by atoms with Crippen molar-refractivity contribution in [1.82, 2.24) is 5.32 Å². The van der Waals surface area contributed by atoms with E-state index in [2.05, 4.69) is 36.5 Å². The highest BCUT2D eigenvalue weighted by Crippen LogP contribution is 2.40. The van der Waals surface area contributed by atoms with E-state index in [1.807, 2.05) is 0 Å². The highest BCUT2D eigenvalue weighted by molar-refractivity contribution is 5.83. The number of ether oxygens (including phenoxy) is 1. The van der Waals surface area contributed by atoms with Gasteiger partial charge in [0.2, 0.25) is 5.91 Å². The summed E-state index contributed by atoms with van der Waals surface area (Å²) < 4.78 is 5.44. The molecule has 3 N–H and O–H groups in total. The summed E-state index contributed by atoms with van der Waals surface area (Å²) in [4.78, 5) is 13.0. The van der Waals surface area contributed by atoms with Crippen molar-refractivity contribution in [2.45, 2.75) is 57.3 Å². The molecule has 0 spiro atoms. The average Bonchev–Trinajstić information content (AvgIpc) is 2.67. The van der Waals surface area contributed by atoms with Gasteiger partial charge in [0.1, 0.15) is 0 Å². The smallest absolute Gasteiger partial charge is 0.227 e. The van der Waals surface area contributed by atoms with Gasteiger partial charge in [0, 0.05) is 31.7 Å². The summed E-state index contributed by atoms with van der Waals surface area (Å²) in [6.45, 7) is 4.53. The van der Waals surface area contributed by atoms with E-state index in [-0.39, 0.29) is 11.3 Å². The number of amides is 1. The fourth-order valence-corrected chi connectivity index (χ4v) is 4.49. The molecular weight excluding hydrogens is 312 g/mol. The SMILES string of the molecule is Cc1cccc(C2(CNC(=O)C3(CN)CCOCC3)CCCCC2)c1. The van der Waals surface area contributed by atoms with Crippen molar-refractivity contribution in [3.63, 3.8) is 0 Å². The minimum absolute atomic E-state index is 0.0703. The lowest BCUT2D eigenvalue weighted by molar-refractivity contribution is -0.136. The Labute approximate surface area is 151 Å². The molecule has 1 saturated carbocycles. The lowest BCUT2D eigenvalue weighted by Gasteiger charge is -2.40. The zero-order valence-corrected chi connectivity index (χ0v) is 15.5. The van der Waals surface area contributed by atoms with E-state index in [1.54, 1.807) is 0 Å². The number of carbonyl (C=O) groups excluding carboxylic acids is 1. The third-order valence-corrected chi connectivity index (χ3v) is 6.35. The summed E-state index contributed by atoms with van der Waals surface area (Å²) in [7, 11) is 0. The summed E-state index contributed by atoms with van der Waals surface area (Å²) in [6.07, 6.45) is 7.52. The van der Waals surface area contributed by atoms with Crippen LogP contribution in [0.15, 0.2) is 24.3 Å². The van der Waals surface area contributed by atoms with E-state index < -0.39 is 5.41 Å². The van der Waals surface area contributed by atoms with E-state index in [0.717, 1.165) is 32.2 Å². The summed E-state index contributed by atoms with van der Waals surface area (Å²) in [5.41, 5.74) is 8.29. The molecule has 1 saturated heterocycles. The van der Waals surface area contributed by atoms with Crippen LogP contribution in [-0.2, 0) is 14.9 Å². The van der Waals surface area contributed by atoms with Crippen molar-refractivity contribution in [2.24, 2.45) is 11.1 Å². The maximum atomic E-state index is 13.0. The predicted molar refractivity (Wildman–Crippen MR) is 100 cm³/mol. The van der Waals surface area contributed by atoms with E-state index >= 15 is 0 Å². The second kappa shape index (κ2) is 7.88. The highest BCUT2D eigenvalue weighted by Gasteiger charge is 2.41. The Kier molecular flexibility index (Phi) is 5.80. The molecule has 25 heavy (non-hydrogen) atoms. The van der Waals surface area contributed by atoms with Crippen molar-refractivity contribution < 1.29 is 9.53 Å². The second-order valence-corrected chi connectivity index (χ2v) is 7.99. The minimum Gasteiger partial charge on any atom is -0.381 e. The van der Waals surface area contributed by atoms with Crippen molar-refractivity contribution in [1.29, 1.82) is 0 Å². The molecular formula is C21H32N2O2. The molecule has 4 heteroatoms. The molecule has 1 heterocycles. The van der Waals surface area contributed by atoms with Gasteiger partial charge in [-0.3, -0.25) is 4.79 Å². The summed E-state index contributed by atoms with van der Waals surface area (Å²) in [6, 6.07) is 8.81. The fraction of sp³-hybridized carbons (Fsp3) is 0.667. The van der Waals surface area contributed by atoms with Gasteiger partial charge < -0.3 is 15.8 Å². The number of aryl methyl sites for hydroxylation is 1. The van der Waals surface area contributed by atoms with Crippen LogP contribution in [0.25, 0.3) is 0 Å². The normalized spacial score (nSPS) is 22.3. The zero-order chi connectivity index (χ0) is 17.8. The van der Waals surface area contributed by atoms with Crippen molar-refractivity contribution in [3.8, 4) is 0 Å². The number of nitrogens with two attached hydrogens (primary N) is 1. The highest BCUT2D eigenvalue weighted by atomic mass is 16.5. The van der Waals surface area contributed by atoms with Crippen LogP contribution in [0.1, 0.15) is 56.1 Å². The maximum absolute atomic E-state index is 13.0. The molecule has 1 amide bonds. The Bertz CT molecular complexity index is 587. The maximum Gasteiger partial charge on any atom is 0.227 e. The van der Waals surface area contributed by atoms with Crippen molar-refractivity contribution in [2.75, 3.05) is 26.3 Å². The lowest BCUT2D eigenvalue weighted by atomic mass is 9.69. The molecule has 0 atom stereocenters. The number of hydrogen-bond donors (Lipinski definition) is 2. The number of nitrogens with one attached hydrogen (secondary N) is 1. The van der Waals surface area contributed by atoms with Crippen LogP contribution >= 0.6 is 0 Å². The molecule has 2 fully saturated rings. The van der Waals surface area contributed by atoms with E-state index in [1.165, 1.54) is 30.4 Å². The number of hydrogen-bond acceptors (Lipinski definition) is 3. The molecule has 4 nitrogen and oxygen atoms in total. The summed E-state index contributed by atoms with van der Waals surface area (Å²) in [5, 5.41) is 3.30. The lowest BCUT2D eigenvalue weighted by Crippen LogP contribution is -2.52. The fourth-order valence-electron chi connectivity index (χ4n) is 4.49. The molecule has 3 rings (SSSR count). The first kappa shape index (κ1) is 18.4. The van der Waals surface area contributed by atoms with Gasteiger partial charge in [-0.05, 0) is 38.2 Å². The Morgan fingerprint density at radius 1 is 1.16 bits per heavy atom. The number of rotatable bonds is 5. The molecule has 2 aliphatic rings. The van der Waals surface area contributed by atoms with Gasteiger partial charge in [0.05, 0.1) is 5.41 Å². The Balaban J connectivity index is 1.76. The molecule has 1 aliphatic carbocycles. The van der Waals surface area contributed by atoms with Crippen LogP contribution in [0.3, 0.4) is 0 Å². The zero-order valence-electron chi connectivity index (χ0n) is 15.5.